The zero-order chi connectivity index (χ0) is 23.0. The SMILES string of the molecule is COc1ncc(-c2cn3c(=O)ccnc3cc2C)cc1NS(=O)(=O)c1ccc(F)cc1F. The minimum atomic E-state index is -4.42. The molecule has 3 heterocycles. The third kappa shape index (κ3) is 3.89. The van der Waals surface area contributed by atoms with Crippen molar-refractivity contribution in [1.29, 1.82) is 0 Å². The molecular weight excluding hydrogens is 442 g/mol. The molecule has 4 rings (SSSR count). The Bertz CT molecular complexity index is 1520. The van der Waals surface area contributed by atoms with Crippen LogP contribution in [-0.2, 0) is 10.0 Å². The zero-order valence-electron chi connectivity index (χ0n) is 16.8. The summed E-state index contributed by atoms with van der Waals surface area (Å²) in [5.74, 6) is -2.20. The fraction of sp³-hybridized carbons (Fsp3) is 0.0952. The van der Waals surface area contributed by atoms with E-state index in [2.05, 4.69) is 14.7 Å². The Morgan fingerprint density at radius 3 is 2.59 bits per heavy atom. The summed E-state index contributed by atoms with van der Waals surface area (Å²) in [5, 5.41) is 0. The number of benzene rings is 1. The number of fused-ring (bicyclic) bond motifs is 1. The lowest BCUT2D eigenvalue weighted by Crippen LogP contribution is -2.16. The molecule has 0 aliphatic rings. The van der Waals surface area contributed by atoms with Gasteiger partial charge in [-0.05, 0) is 36.8 Å². The summed E-state index contributed by atoms with van der Waals surface area (Å²) in [6.45, 7) is 1.80. The Hall–Kier alpha value is -3.86. The van der Waals surface area contributed by atoms with Crippen LogP contribution in [0.4, 0.5) is 14.5 Å². The number of nitrogens with zero attached hydrogens (tertiary/aromatic N) is 3. The average Bonchev–Trinajstić information content (AvgIpc) is 2.73. The molecule has 0 amide bonds. The highest BCUT2D eigenvalue weighted by molar-refractivity contribution is 7.92. The van der Waals surface area contributed by atoms with Crippen molar-refractivity contribution >= 4 is 21.4 Å². The van der Waals surface area contributed by atoms with Crippen LogP contribution in [-0.4, -0.2) is 29.9 Å². The fourth-order valence-corrected chi connectivity index (χ4v) is 4.31. The second-order valence-corrected chi connectivity index (χ2v) is 8.49. The van der Waals surface area contributed by atoms with Crippen molar-refractivity contribution in [1.82, 2.24) is 14.4 Å². The van der Waals surface area contributed by atoms with Gasteiger partial charge >= 0.3 is 0 Å². The van der Waals surface area contributed by atoms with Crippen molar-refractivity contribution < 1.29 is 21.9 Å². The monoisotopic (exact) mass is 458 g/mol. The van der Waals surface area contributed by atoms with E-state index in [-0.39, 0.29) is 17.1 Å². The highest BCUT2D eigenvalue weighted by Gasteiger charge is 2.22. The molecule has 1 N–H and O–H groups in total. The Labute approximate surface area is 181 Å². The van der Waals surface area contributed by atoms with Crippen LogP contribution in [0.5, 0.6) is 5.88 Å². The first-order chi connectivity index (χ1) is 15.2. The van der Waals surface area contributed by atoms with E-state index in [9.17, 15) is 22.0 Å². The number of sulfonamides is 1. The van der Waals surface area contributed by atoms with Gasteiger partial charge in [0.25, 0.3) is 15.6 Å². The minimum absolute atomic E-state index is 0.0582. The molecule has 0 atom stereocenters. The minimum Gasteiger partial charge on any atom is -0.480 e. The average molecular weight is 458 g/mol. The van der Waals surface area contributed by atoms with Crippen molar-refractivity contribution in [2.24, 2.45) is 0 Å². The number of rotatable bonds is 5. The molecule has 0 fully saturated rings. The molecule has 0 radical (unpaired) electrons. The number of hydrogen-bond donors (Lipinski definition) is 1. The summed E-state index contributed by atoms with van der Waals surface area (Å²) in [5.41, 5.74) is 1.92. The van der Waals surface area contributed by atoms with E-state index < -0.39 is 26.6 Å². The normalized spacial score (nSPS) is 11.5. The highest BCUT2D eigenvalue weighted by Crippen LogP contribution is 2.32. The van der Waals surface area contributed by atoms with Gasteiger partial charge in [0.05, 0.1) is 7.11 Å². The molecule has 8 nitrogen and oxygen atoms in total. The van der Waals surface area contributed by atoms with Crippen molar-refractivity contribution in [2.75, 3.05) is 11.8 Å². The van der Waals surface area contributed by atoms with Crippen LogP contribution >= 0.6 is 0 Å². The molecule has 0 aliphatic heterocycles. The van der Waals surface area contributed by atoms with Crippen LogP contribution in [0.2, 0.25) is 0 Å². The first-order valence-electron chi connectivity index (χ1n) is 9.20. The number of hydrogen-bond acceptors (Lipinski definition) is 6. The summed E-state index contributed by atoms with van der Waals surface area (Å²) in [6.07, 6.45) is 4.43. The first-order valence-corrected chi connectivity index (χ1v) is 10.7. The van der Waals surface area contributed by atoms with Crippen LogP contribution in [0.15, 0.2) is 64.7 Å². The summed E-state index contributed by atoms with van der Waals surface area (Å²) in [6, 6.07) is 6.61. The molecule has 32 heavy (non-hydrogen) atoms. The zero-order valence-corrected chi connectivity index (χ0v) is 17.7. The van der Waals surface area contributed by atoms with Crippen molar-refractivity contribution in [3.8, 4) is 17.0 Å². The molecule has 0 saturated heterocycles. The van der Waals surface area contributed by atoms with Crippen molar-refractivity contribution in [3.63, 3.8) is 0 Å². The van der Waals surface area contributed by atoms with Crippen LogP contribution in [0, 0.1) is 18.6 Å². The Balaban J connectivity index is 1.82. The molecule has 11 heteroatoms. The second-order valence-electron chi connectivity index (χ2n) is 6.84. The molecule has 0 bridgehead atoms. The summed E-state index contributed by atoms with van der Waals surface area (Å²) >= 11 is 0. The van der Waals surface area contributed by atoms with E-state index in [4.69, 9.17) is 4.74 Å². The van der Waals surface area contributed by atoms with Crippen LogP contribution in [0.3, 0.4) is 0 Å². The first kappa shape index (κ1) is 21.4. The molecule has 4 aromatic rings. The fourth-order valence-electron chi connectivity index (χ4n) is 3.20. The van der Waals surface area contributed by atoms with Gasteiger partial charge in [-0.3, -0.25) is 13.9 Å². The van der Waals surface area contributed by atoms with Crippen LogP contribution in [0.1, 0.15) is 5.56 Å². The largest absolute Gasteiger partial charge is 0.480 e. The van der Waals surface area contributed by atoms with Crippen LogP contribution in [0.25, 0.3) is 16.8 Å². The van der Waals surface area contributed by atoms with Gasteiger partial charge in [-0.25, -0.2) is 27.2 Å². The molecule has 3 aromatic heterocycles. The van der Waals surface area contributed by atoms with E-state index in [0.29, 0.717) is 22.8 Å². The quantitative estimate of drug-likeness (QED) is 0.493. The summed E-state index contributed by atoms with van der Waals surface area (Å²) < 4.78 is 61.4. The van der Waals surface area contributed by atoms with Gasteiger partial charge in [-0.2, -0.15) is 0 Å². The molecular formula is C21H16F2N4O4S. The maximum absolute atomic E-state index is 14.1. The molecule has 164 valence electrons. The standard InChI is InChI=1S/C21H16F2N4O4S/c1-12-7-19-24-6-5-20(28)27(19)11-15(12)13-8-17(21(31-2)25-10-13)26-32(29,30)18-4-3-14(22)9-16(18)23/h3-11,26H,1-2H3. The van der Waals surface area contributed by atoms with Crippen molar-refractivity contribution in [3.05, 3.63) is 82.5 Å². The Morgan fingerprint density at radius 2 is 1.88 bits per heavy atom. The lowest BCUT2D eigenvalue weighted by molar-refractivity contribution is 0.400. The number of pyridine rings is 2. The predicted molar refractivity (Wildman–Crippen MR) is 113 cm³/mol. The van der Waals surface area contributed by atoms with Gasteiger partial charge in [0.15, 0.2) is 0 Å². The third-order valence-electron chi connectivity index (χ3n) is 4.72. The number of aromatic nitrogens is 3. The van der Waals surface area contributed by atoms with Crippen molar-refractivity contribution in [2.45, 2.75) is 11.8 Å². The van der Waals surface area contributed by atoms with E-state index in [1.54, 1.807) is 19.2 Å². The number of methoxy groups -OCH3 is 1. The molecule has 1 aromatic carbocycles. The topological polar surface area (TPSA) is 103 Å². The third-order valence-corrected chi connectivity index (χ3v) is 6.12. The summed E-state index contributed by atoms with van der Waals surface area (Å²) in [4.78, 5) is 19.7. The van der Waals surface area contributed by atoms with E-state index >= 15 is 0 Å². The number of halogens is 2. The van der Waals surface area contributed by atoms with Gasteiger partial charge < -0.3 is 4.74 Å². The number of aryl methyl sites for hydroxylation is 1. The van der Waals surface area contributed by atoms with E-state index in [1.165, 1.54) is 36.0 Å². The smallest absolute Gasteiger partial charge is 0.264 e. The summed E-state index contributed by atoms with van der Waals surface area (Å²) in [7, 11) is -3.12. The number of anilines is 1. The predicted octanol–water partition coefficient (Wildman–Crippen LogP) is 3.15. The van der Waals surface area contributed by atoms with Crippen LogP contribution < -0.4 is 15.0 Å². The van der Waals surface area contributed by atoms with Gasteiger partial charge in [0, 0.05) is 41.9 Å². The van der Waals surface area contributed by atoms with Gasteiger partial charge in [0.2, 0.25) is 5.88 Å². The van der Waals surface area contributed by atoms with E-state index in [1.807, 2.05) is 0 Å². The molecule has 0 saturated carbocycles. The molecule has 0 aliphatic carbocycles. The number of ether oxygens (including phenoxy) is 1. The number of nitrogens with one attached hydrogen (secondary N) is 1. The lowest BCUT2D eigenvalue weighted by atomic mass is 10.0. The van der Waals surface area contributed by atoms with Gasteiger partial charge in [0.1, 0.15) is 27.9 Å². The van der Waals surface area contributed by atoms with Gasteiger partial charge in [-0.15, -0.1) is 0 Å². The maximum Gasteiger partial charge on any atom is 0.264 e. The second kappa shape index (κ2) is 8.00. The van der Waals surface area contributed by atoms with Gasteiger partial charge in [-0.1, -0.05) is 0 Å². The van der Waals surface area contributed by atoms with E-state index in [0.717, 1.165) is 17.7 Å². The highest BCUT2D eigenvalue weighted by atomic mass is 32.2. The molecule has 0 spiro atoms. The molecule has 0 unspecified atom stereocenters. The maximum atomic E-state index is 14.1. The Morgan fingerprint density at radius 1 is 1.09 bits per heavy atom. The Kier molecular flexibility index (Phi) is 5.35. The lowest BCUT2D eigenvalue weighted by Gasteiger charge is -2.14.